The van der Waals surface area contributed by atoms with Crippen LogP contribution in [-0.4, -0.2) is 25.7 Å². The molecule has 0 saturated heterocycles. The molecule has 3 rings (SSSR count). The van der Waals surface area contributed by atoms with E-state index in [-0.39, 0.29) is 0 Å². The fraction of sp³-hybridized carbons (Fsp3) is 0.222. The van der Waals surface area contributed by atoms with Crippen LogP contribution in [0.5, 0.6) is 5.75 Å². The minimum atomic E-state index is 0.300. The Hall–Kier alpha value is -1.42. The zero-order chi connectivity index (χ0) is 15.7. The van der Waals surface area contributed by atoms with Gasteiger partial charge < -0.3 is 10.0 Å². The zero-order valence-electron chi connectivity index (χ0n) is 12.7. The Bertz CT molecular complexity index is 686. The van der Waals surface area contributed by atoms with Crippen molar-refractivity contribution in [2.45, 2.75) is 16.2 Å². The van der Waals surface area contributed by atoms with E-state index in [2.05, 4.69) is 26.2 Å². The van der Waals surface area contributed by atoms with Crippen molar-refractivity contribution in [1.29, 1.82) is 0 Å². The Balaban J connectivity index is 2.09. The average Bonchev–Trinajstić information content (AvgIpc) is 2.47. The Kier molecular flexibility index (Phi) is 4.48. The van der Waals surface area contributed by atoms with E-state index in [1.807, 2.05) is 24.3 Å². The van der Waals surface area contributed by atoms with Crippen LogP contribution < -0.4 is 4.90 Å². The van der Waals surface area contributed by atoms with Gasteiger partial charge in [-0.15, -0.1) is 0 Å². The van der Waals surface area contributed by atoms with Crippen LogP contribution in [0.1, 0.15) is 17.5 Å². The maximum Gasteiger partial charge on any atom is 0.116 e. The van der Waals surface area contributed by atoms with Crippen molar-refractivity contribution in [2.75, 3.05) is 20.6 Å². The molecule has 2 aromatic rings. The van der Waals surface area contributed by atoms with Crippen molar-refractivity contribution in [3.05, 3.63) is 58.6 Å². The monoisotopic (exact) mass is 332 g/mol. The maximum atomic E-state index is 9.86. The first-order chi connectivity index (χ1) is 10.5. The highest BCUT2D eigenvalue weighted by atomic mass is 35.5. The van der Waals surface area contributed by atoms with Crippen LogP contribution in [0.3, 0.4) is 0 Å². The van der Waals surface area contributed by atoms with Crippen LogP contribution in [0.25, 0.3) is 5.57 Å². The molecule has 0 bridgehead atoms. The summed E-state index contributed by atoms with van der Waals surface area (Å²) in [7, 11) is 4.31. The molecule has 0 aliphatic carbocycles. The first-order valence-corrected chi connectivity index (χ1v) is 8.54. The van der Waals surface area contributed by atoms with Crippen molar-refractivity contribution in [2.24, 2.45) is 0 Å². The molecule has 0 unspecified atom stereocenters. The second-order valence-electron chi connectivity index (χ2n) is 5.79. The molecule has 0 atom stereocenters. The predicted octanol–water partition coefficient (Wildman–Crippen LogP) is 3.48. The number of benzene rings is 2. The minimum absolute atomic E-state index is 0.300. The highest BCUT2D eigenvalue weighted by Crippen LogP contribution is 2.47. The van der Waals surface area contributed by atoms with Crippen LogP contribution >= 0.6 is 23.4 Å². The Morgan fingerprint density at radius 3 is 2.50 bits per heavy atom. The van der Waals surface area contributed by atoms with E-state index < -0.39 is 0 Å². The predicted molar refractivity (Wildman–Crippen MR) is 93.1 cm³/mol. The second-order valence-corrected chi connectivity index (χ2v) is 7.31. The smallest absolute Gasteiger partial charge is 0.116 e. The lowest BCUT2D eigenvalue weighted by Gasteiger charge is -2.22. The van der Waals surface area contributed by atoms with Gasteiger partial charge in [0, 0.05) is 21.2 Å². The van der Waals surface area contributed by atoms with E-state index >= 15 is 0 Å². The highest BCUT2D eigenvalue weighted by molar-refractivity contribution is 7.99. The van der Waals surface area contributed by atoms with Crippen LogP contribution in [0, 0.1) is 0 Å². The van der Waals surface area contributed by atoms with Gasteiger partial charge in [0.2, 0.25) is 0 Å². The first-order valence-electron chi connectivity index (χ1n) is 7.35. The van der Waals surface area contributed by atoms with Gasteiger partial charge >= 0.3 is 0 Å². The molecule has 2 N–H and O–H groups in total. The maximum absolute atomic E-state index is 9.86. The van der Waals surface area contributed by atoms with Crippen LogP contribution in [0.4, 0.5) is 0 Å². The van der Waals surface area contributed by atoms with Crippen molar-refractivity contribution in [1.82, 2.24) is 0 Å². The second kappa shape index (κ2) is 6.37. The summed E-state index contributed by atoms with van der Waals surface area (Å²) in [6, 6.07) is 11.6. The Morgan fingerprint density at radius 1 is 1.09 bits per heavy atom. The van der Waals surface area contributed by atoms with Crippen molar-refractivity contribution in [3.63, 3.8) is 0 Å². The summed E-state index contributed by atoms with van der Waals surface area (Å²) < 4.78 is 0. The minimum Gasteiger partial charge on any atom is -0.508 e. The van der Waals surface area contributed by atoms with Crippen LogP contribution in [0.2, 0.25) is 5.02 Å². The van der Waals surface area contributed by atoms with Gasteiger partial charge in [0.25, 0.3) is 0 Å². The molecule has 1 heterocycles. The quantitative estimate of drug-likeness (QED) is 0.767. The molecule has 2 nitrogen and oxygen atoms in total. The number of halogens is 1. The number of hydrogen-bond acceptors (Lipinski definition) is 2. The first kappa shape index (κ1) is 15.5. The average molecular weight is 333 g/mol. The zero-order valence-corrected chi connectivity index (χ0v) is 14.3. The largest absolute Gasteiger partial charge is 0.508 e. The third-order valence-electron chi connectivity index (χ3n) is 3.70. The van der Waals surface area contributed by atoms with E-state index in [1.54, 1.807) is 17.8 Å². The third kappa shape index (κ3) is 3.17. The van der Waals surface area contributed by atoms with Gasteiger partial charge in [0.05, 0.1) is 20.6 Å². The van der Waals surface area contributed by atoms with Gasteiger partial charge in [0.15, 0.2) is 0 Å². The number of nitrogens with one attached hydrogen (secondary N) is 1. The van der Waals surface area contributed by atoms with Gasteiger partial charge in [0.1, 0.15) is 5.75 Å². The standard InChI is InChI=1S/C18H18ClNOS/c1-20(2)9-3-4-14-15-10-12(19)5-7-17(15)22-18-8-6-13(21)11-16(14)18/h4-8,10-11,21H,3,9H2,1-2H3/p+1/b14-4+. The van der Waals surface area contributed by atoms with Crippen LogP contribution in [-0.2, 0) is 0 Å². The normalized spacial score (nSPS) is 15.0. The molecule has 0 aromatic heterocycles. The summed E-state index contributed by atoms with van der Waals surface area (Å²) in [6.45, 7) is 1.07. The van der Waals surface area contributed by atoms with Crippen LogP contribution in [0.15, 0.2) is 52.3 Å². The van der Waals surface area contributed by atoms with Crippen molar-refractivity contribution in [3.8, 4) is 5.75 Å². The number of phenols is 1. The molecule has 0 amide bonds. The van der Waals surface area contributed by atoms with E-state index in [0.29, 0.717) is 5.75 Å². The number of fused-ring (bicyclic) bond motifs is 2. The van der Waals surface area contributed by atoms with Crippen molar-refractivity contribution < 1.29 is 10.0 Å². The Labute approximate surface area is 140 Å². The molecule has 114 valence electrons. The molecular weight excluding hydrogens is 314 g/mol. The summed E-state index contributed by atoms with van der Waals surface area (Å²) >= 11 is 7.92. The number of rotatable bonds is 3. The topological polar surface area (TPSA) is 24.7 Å². The molecule has 0 radical (unpaired) electrons. The highest BCUT2D eigenvalue weighted by Gasteiger charge is 2.21. The number of quaternary nitrogens is 1. The van der Waals surface area contributed by atoms with E-state index in [1.165, 1.54) is 20.3 Å². The lowest BCUT2D eigenvalue weighted by molar-refractivity contribution is -0.857. The van der Waals surface area contributed by atoms with Gasteiger partial charge in [-0.1, -0.05) is 29.4 Å². The van der Waals surface area contributed by atoms with Gasteiger partial charge in [-0.25, -0.2) is 0 Å². The molecule has 2 aromatic carbocycles. The summed E-state index contributed by atoms with van der Waals surface area (Å²) in [5.41, 5.74) is 3.42. The van der Waals surface area contributed by atoms with Gasteiger partial charge in [-0.3, -0.25) is 0 Å². The van der Waals surface area contributed by atoms with E-state index in [9.17, 15) is 5.11 Å². The fourth-order valence-corrected chi connectivity index (χ4v) is 3.85. The van der Waals surface area contributed by atoms with Gasteiger partial charge in [-0.2, -0.15) is 0 Å². The molecular formula is C18H19ClNOS+. The summed E-state index contributed by atoms with van der Waals surface area (Å²) in [4.78, 5) is 3.81. The van der Waals surface area contributed by atoms with E-state index in [4.69, 9.17) is 11.6 Å². The molecule has 1 aliphatic heterocycles. The SMILES string of the molecule is C[NH+](C)CC/C=C1/c2cc(O)ccc2Sc2ccc(Cl)cc21. The molecule has 4 heteroatoms. The summed E-state index contributed by atoms with van der Waals surface area (Å²) in [5.74, 6) is 0.300. The van der Waals surface area contributed by atoms with Crippen molar-refractivity contribution >= 4 is 28.9 Å². The fourth-order valence-electron chi connectivity index (χ4n) is 2.61. The molecule has 22 heavy (non-hydrogen) atoms. The summed E-state index contributed by atoms with van der Waals surface area (Å²) in [6.07, 6.45) is 3.25. The molecule has 0 saturated carbocycles. The molecule has 0 fully saturated rings. The van der Waals surface area contributed by atoms with E-state index in [0.717, 1.165) is 29.1 Å². The lowest BCUT2D eigenvalue weighted by Crippen LogP contribution is -3.05. The molecule has 1 aliphatic rings. The number of phenolic OH excluding ortho intramolecular Hbond substituents is 1. The Morgan fingerprint density at radius 2 is 1.77 bits per heavy atom. The number of aromatic hydroxyl groups is 1. The van der Waals surface area contributed by atoms with Gasteiger partial charge in [-0.05, 0) is 53.1 Å². The lowest BCUT2D eigenvalue weighted by atomic mass is 9.96. The summed E-state index contributed by atoms with van der Waals surface area (Å²) in [5, 5.41) is 10.6. The molecule has 0 spiro atoms. The third-order valence-corrected chi connectivity index (χ3v) is 5.08. The number of hydrogen-bond donors (Lipinski definition) is 2.